The average molecular weight is 261 g/mol. The van der Waals surface area contributed by atoms with Crippen LogP contribution in [0.4, 0.5) is 5.69 Å². The van der Waals surface area contributed by atoms with Gasteiger partial charge in [0.15, 0.2) is 5.58 Å². The van der Waals surface area contributed by atoms with E-state index in [2.05, 4.69) is 5.32 Å². The lowest BCUT2D eigenvalue weighted by molar-refractivity contribution is 0.411. The molecule has 0 saturated heterocycles. The smallest absolute Gasteiger partial charge is 0.408 e. The molecule has 0 spiro atoms. The van der Waals surface area contributed by atoms with Gasteiger partial charge in [-0.25, -0.2) is 4.79 Å². The van der Waals surface area contributed by atoms with E-state index in [0.717, 1.165) is 36.9 Å². The molecule has 0 unspecified atom stereocenters. The van der Waals surface area contributed by atoms with Crippen LogP contribution in [-0.2, 0) is 7.05 Å². The van der Waals surface area contributed by atoms with Crippen LogP contribution in [0, 0.1) is 0 Å². The summed E-state index contributed by atoms with van der Waals surface area (Å²) in [6.45, 7) is 0. The lowest BCUT2D eigenvalue weighted by Crippen LogP contribution is -2.32. The summed E-state index contributed by atoms with van der Waals surface area (Å²) in [5.41, 5.74) is 8.39. The van der Waals surface area contributed by atoms with Crippen molar-refractivity contribution in [1.29, 1.82) is 0 Å². The number of nitrogens with two attached hydrogens (primary N) is 1. The SMILES string of the molecule is Cn1c(=O)oc2ccc(NC3CCC(N)CC3)cc21. The second-order valence-electron chi connectivity index (χ2n) is 5.37. The van der Waals surface area contributed by atoms with Gasteiger partial charge in [-0.05, 0) is 43.9 Å². The highest BCUT2D eigenvalue weighted by molar-refractivity contribution is 5.77. The van der Waals surface area contributed by atoms with E-state index in [1.165, 1.54) is 4.57 Å². The molecule has 0 radical (unpaired) electrons. The molecule has 1 fully saturated rings. The standard InChI is InChI=1S/C14H19N3O2/c1-17-12-8-11(6-7-13(12)19-14(17)18)16-10-4-2-9(15)3-5-10/h6-10,16H,2-5,15H2,1H3. The molecular formula is C14H19N3O2. The van der Waals surface area contributed by atoms with E-state index in [4.69, 9.17) is 10.2 Å². The molecule has 2 aromatic rings. The largest absolute Gasteiger partial charge is 0.419 e. The van der Waals surface area contributed by atoms with Crippen molar-refractivity contribution in [2.24, 2.45) is 12.8 Å². The molecule has 1 aliphatic carbocycles. The first-order chi connectivity index (χ1) is 9.13. The van der Waals surface area contributed by atoms with Gasteiger partial charge in [-0.15, -0.1) is 0 Å². The molecule has 0 bridgehead atoms. The first-order valence-electron chi connectivity index (χ1n) is 6.75. The van der Waals surface area contributed by atoms with Crippen LogP contribution in [0.15, 0.2) is 27.4 Å². The van der Waals surface area contributed by atoms with Crippen molar-refractivity contribution in [2.45, 2.75) is 37.8 Å². The number of aromatic nitrogens is 1. The van der Waals surface area contributed by atoms with Crippen molar-refractivity contribution in [3.63, 3.8) is 0 Å². The predicted octanol–water partition coefficient (Wildman–Crippen LogP) is 1.81. The maximum atomic E-state index is 11.4. The van der Waals surface area contributed by atoms with Crippen molar-refractivity contribution >= 4 is 16.8 Å². The van der Waals surface area contributed by atoms with Crippen LogP contribution in [0.5, 0.6) is 0 Å². The van der Waals surface area contributed by atoms with Crippen LogP contribution in [0.3, 0.4) is 0 Å². The highest BCUT2D eigenvalue weighted by atomic mass is 16.4. The molecular weight excluding hydrogens is 242 g/mol. The molecule has 0 atom stereocenters. The molecule has 1 aromatic carbocycles. The zero-order valence-corrected chi connectivity index (χ0v) is 11.1. The lowest BCUT2D eigenvalue weighted by Gasteiger charge is -2.27. The number of rotatable bonds is 2. The van der Waals surface area contributed by atoms with Gasteiger partial charge in [-0.1, -0.05) is 0 Å². The van der Waals surface area contributed by atoms with Gasteiger partial charge in [0, 0.05) is 24.8 Å². The molecule has 5 heteroatoms. The molecule has 1 aliphatic rings. The second-order valence-corrected chi connectivity index (χ2v) is 5.37. The molecule has 1 saturated carbocycles. The fraction of sp³-hybridized carbons (Fsp3) is 0.500. The fourth-order valence-electron chi connectivity index (χ4n) is 2.72. The second kappa shape index (κ2) is 4.74. The van der Waals surface area contributed by atoms with Crippen molar-refractivity contribution < 1.29 is 4.42 Å². The van der Waals surface area contributed by atoms with Gasteiger partial charge in [-0.2, -0.15) is 0 Å². The van der Waals surface area contributed by atoms with E-state index in [1.807, 2.05) is 18.2 Å². The minimum atomic E-state index is -0.323. The number of hydrogen-bond acceptors (Lipinski definition) is 4. The molecule has 102 valence electrons. The van der Waals surface area contributed by atoms with Gasteiger partial charge in [0.25, 0.3) is 0 Å². The summed E-state index contributed by atoms with van der Waals surface area (Å²) >= 11 is 0. The van der Waals surface area contributed by atoms with Crippen LogP contribution in [0.25, 0.3) is 11.1 Å². The maximum Gasteiger partial charge on any atom is 0.419 e. The zero-order chi connectivity index (χ0) is 13.4. The number of aryl methyl sites for hydroxylation is 1. The number of anilines is 1. The molecule has 1 aromatic heterocycles. The van der Waals surface area contributed by atoms with Crippen LogP contribution < -0.4 is 16.8 Å². The van der Waals surface area contributed by atoms with Crippen LogP contribution in [0.1, 0.15) is 25.7 Å². The minimum absolute atomic E-state index is 0.323. The number of oxazole rings is 1. The highest BCUT2D eigenvalue weighted by Crippen LogP contribution is 2.23. The van der Waals surface area contributed by atoms with E-state index in [9.17, 15) is 4.79 Å². The van der Waals surface area contributed by atoms with Crippen molar-refractivity contribution in [2.75, 3.05) is 5.32 Å². The predicted molar refractivity (Wildman–Crippen MR) is 75.3 cm³/mol. The molecule has 3 rings (SSSR count). The van der Waals surface area contributed by atoms with Gasteiger partial charge >= 0.3 is 5.76 Å². The van der Waals surface area contributed by atoms with E-state index >= 15 is 0 Å². The maximum absolute atomic E-state index is 11.4. The fourth-order valence-corrected chi connectivity index (χ4v) is 2.72. The Bertz CT molecular complexity index is 636. The Morgan fingerprint density at radius 2 is 2.05 bits per heavy atom. The normalized spacial score (nSPS) is 23.7. The van der Waals surface area contributed by atoms with Gasteiger partial charge in [0.2, 0.25) is 0 Å². The summed E-state index contributed by atoms with van der Waals surface area (Å²) in [7, 11) is 1.72. The third-order valence-electron chi connectivity index (χ3n) is 3.93. The van der Waals surface area contributed by atoms with E-state index in [1.54, 1.807) is 7.05 Å². The summed E-state index contributed by atoms with van der Waals surface area (Å²) in [5, 5.41) is 3.52. The Morgan fingerprint density at radius 3 is 2.79 bits per heavy atom. The van der Waals surface area contributed by atoms with Gasteiger partial charge in [0.1, 0.15) is 0 Å². The summed E-state index contributed by atoms with van der Waals surface area (Å²) in [5.74, 6) is -0.323. The zero-order valence-electron chi connectivity index (χ0n) is 11.1. The summed E-state index contributed by atoms with van der Waals surface area (Å²) in [6.07, 6.45) is 4.35. The third-order valence-corrected chi connectivity index (χ3v) is 3.93. The number of hydrogen-bond donors (Lipinski definition) is 2. The summed E-state index contributed by atoms with van der Waals surface area (Å²) < 4.78 is 6.65. The van der Waals surface area contributed by atoms with Crippen LogP contribution >= 0.6 is 0 Å². The number of fused-ring (bicyclic) bond motifs is 1. The van der Waals surface area contributed by atoms with Crippen LogP contribution in [0.2, 0.25) is 0 Å². The highest BCUT2D eigenvalue weighted by Gasteiger charge is 2.18. The van der Waals surface area contributed by atoms with Crippen molar-refractivity contribution in [1.82, 2.24) is 4.57 Å². The Morgan fingerprint density at radius 1 is 1.32 bits per heavy atom. The van der Waals surface area contributed by atoms with Gasteiger partial charge in [-0.3, -0.25) is 4.57 Å². The monoisotopic (exact) mass is 261 g/mol. The topological polar surface area (TPSA) is 73.2 Å². The Balaban J connectivity index is 1.81. The number of nitrogens with one attached hydrogen (secondary N) is 1. The first kappa shape index (κ1) is 12.3. The molecule has 0 amide bonds. The first-order valence-corrected chi connectivity index (χ1v) is 6.75. The Labute approximate surface area is 111 Å². The van der Waals surface area contributed by atoms with Gasteiger partial charge in [0.05, 0.1) is 5.52 Å². The van der Waals surface area contributed by atoms with E-state index in [0.29, 0.717) is 17.7 Å². The number of benzene rings is 1. The summed E-state index contributed by atoms with van der Waals surface area (Å²) in [6, 6.07) is 6.60. The third kappa shape index (κ3) is 2.38. The van der Waals surface area contributed by atoms with E-state index < -0.39 is 0 Å². The molecule has 1 heterocycles. The average Bonchev–Trinajstić information content (AvgIpc) is 2.69. The molecule has 0 aliphatic heterocycles. The van der Waals surface area contributed by atoms with Crippen molar-refractivity contribution in [3.05, 3.63) is 28.7 Å². The quantitative estimate of drug-likeness (QED) is 0.864. The van der Waals surface area contributed by atoms with Crippen molar-refractivity contribution in [3.8, 4) is 0 Å². The Hall–Kier alpha value is -1.75. The van der Waals surface area contributed by atoms with Gasteiger partial charge < -0.3 is 15.5 Å². The van der Waals surface area contributed by atoms with Crippen LogP contribution in [-0.4, -0.2) is 16.7 Å². The Kier molecular flexibility index (Phi) is 3.06. The lowest BCUT2D eigenvalue weighted by atomic mass is 9.91. The minimum Gasteiger partial charge on any atom is -0.408 e. The summed E-state index contributed by atoms with van der Waals surface area (Å²) in [4.78, 5) is 11.4. The van der Waals surface area contributed by atoms with E-state index in [-0.39, 0.29) is 5.76 Å². The number of nitrogens with zero attached hydrogens (tertiary/aromatic N) is 1. The molecule has 19 heavy (non-hydrogen) atoms. The molecule has 5 nitrogen and oxygen atoms in total. The molecule has 3 N–H and O–H groups in total.